The minimum Gasteiger partial charge on any atom is -0.452 e. The fourth-order valence-electron chi connectivity index (χ4n) is 1.59. The van der Waals surface area contributed by atoms with Crippen LogP contribution < -0.4 is 5.32 Å². The summed E-state index contributed by atoms with van der Waals surface area (Å²) in [6, 6.07) is 10.1. The van der Waals surface area contributed by atoms with Gasteiger partial charge in [-0.3, -0.25) is 4.79 Å². The zero-order valence-corrected chi connectivity index (χ0v) is 13.3. The van der Waals surface area contributed by atoms with Crippen LogP contribution in [0.2, 0.25) is 10.0 Å². The monoisotopic (exact) mass is 350 g/mol. The first-order valence-electron chi connectivity index (χ1n) is 6.55. The number of esters is 1. The number of rotatable bonds is 5. The van der Waals surface area contributed by atoms with Crippen LogP contribution in [-0.2, 0) is 14.3 Å². The SMILES string of the molecule is O=C(COC(=O)C=Cc1cccc(Cl)c1)Nc1ccc(Cl)cn1. The number of hydrogen-bond donors (Lipinski definition) is 1. The van der Waals surface area contributed by atoms with E-state index in [0.717, 1.165) is 5.56 Å². The Bertz CT molecular complexity index is 730. The summed E-state index contributed by atoms with van der Waals surface area (Å²) >= 11 is 11.5. The molecule has 7 heteroatoms. The number of carbonyl (C=O) groups excluding carboxylic acids is 2. The summed E-state index contributed by atoms with van der Waals surface area (Å²) in [6.45, 7) is -0.414. The molecule has 0 aliphatic carbocycles. The number of nitrogens with one attached hydrogen (secondary N) is 1. The van der Waals surface area contributed by atoms with E-state index in [0.29, 0.717) is 15.9 Å². The summed E-state index contributed by atoms with van der Waals surface area (Å²) in [4.78, 5) is 27.1. The number of benzene rings is 1. The topological polar surface area (TPSA) is 68.3 Å². The first-order chi connectivity index (χ1) is 11.0. The molecule has 1 heterocycles. The molecule has 0 radical (unpaired) electrons. The molecule has 5 nitrogen and oxygen atoms in total. The largest absolute Gasteiger partial charge is 0.452 e. The molecular formula is C16H12Cl2N2O3. The van der Waals surface area contributed by atoms with Gasteiger partial charge in [0.05, 0.1) is 5.02 Å². The number of carbonyl (C=O) groups is 2. The molecular weight excluding hydrogens is 339 g/mol. The molecule has 118 valence electrons. The Balaban J connectivity index is 1.79. The molecule has 0 fully saturated rings. The Morgan fingerprint density at radius 3 is 2.70 bits per heavy atom. The summed E-state index contributed by atoms with van der Waals surface area (Å²) in [5.74, 6) is -0.807. The van der Waals surface area contributed by atoms with Crippen LogP contribution in [0.1, 0.15) is 5.56 Å². The molecule has 2 aromatic rings. The van der Waals surface area contributed by atoms with Crippen molar-refractivity contribution in [2.75, 3.05) is 11.9 Å². The number of nitrogens with zero attached hydrogens (tertiary/aromatic N) is 1. The molecule has 0 atom stereocenters. The average molecular weight is 351 g/mol. The van der Waals surface area contributed by atoms with Gasteiger partial charge in [0.25, 0.3) is 5.91 Å². The second-order valence-corrected chi connectivity index (χ2v) is 5.28. The maximum Gasteiger partial charge on any atom is 0.331 e. The van der Waals surface area contributed by atoms with Gasteiger partial charge in [-0.15, -0.1) is 0 Å². The van der Waals surface area contributed by atoms with Crippen LogP contribution in [0.3, 0.4) is 0 Å². The zero-order chi connectivity index (χ0) is 16.7. The van der Waals surface area contributed by atoms with Gasteiger partial charge in [-0.1, -0.05) is 35.3 Å². The Labute approximate surface area is 142 Å². The van der Waals surface area contributed by atoms with Crippen LogP contribution in [0.15, 0.2) is 48.7 Å². The minimum atomic E-state index is -0.635. The molecule has 0 aliphatic rings. The van der Waals surface area contributed by atoms with Crippen molar-refractivity contribution in [1.82, 2.24) is 4.98 Å². The van der Waals surface area contributed by atoms with Crippen molar-refractivity contribution < 1.29 is 14.3 Å². The van der Waals surface area contributed by atoms with Crippen LogP contribution >= 0.6 is 23.2 Å². The summed E-state index contributed by atoms with van der Waals surface area (Å²) in [5.41, 5.74) is 0.754. The third-order valence-electron chi connectivity index (χ3n) is 2.60. The van der Waals surface area contributed by atoms with E-state index in [9.17, 15) is 9.59 Å². The highest BCUT2D eigenvalue weighted by molar-refractivity contribution is 6.30. The molecule has 0 unspecified atom stereocenters. The highest BCUT2D eigenvalue weighted by Gasteiger charge is 2.06. The van der Waals surface area contributed by atoms with Gasteiger partial charge in [0.2, 0.25) is 0 Å². The van der Waals surface area contributed by atoms with E-state index in [1.165, 1.54) is 12.3 Å². The Morgan fingerprint density at radius 1 is 1.17 bits per heavy atom. The van der Waals surface area contributed by atoms with Crippen molar-refractivity contribution in [3.05, 3.63) is 64.3 Å². The lowest BCUT2D eigenvalue weighted by Gasteiger charge is -2.04. The lowest BCUT2D eigenvalue weighted by molar-refractivity contribution is -0.142. The molecule has 2 rings (SSSR count). The van der Waals surface area contributed by atoms with E-state index in [4.69, 9.17) is 27.9 Å². The molecule has 0 saturated carbocycles. The predicted octanol–water partition coefficient (Wildman–Crippen LogP) is 3.58. The van der Waals surface area contributed by atoms with Crippen LogP contribution in [0, 0.1) is 0 Å². The van der Waals surface area contributed by atoms with E-state index in [2.05, 4.69) is 10.3 Å². The maximum absolute atomic E-state index is 11.6. The van der Waals surface area contributed by atoms with Crippen molar-refractivity contribution in [3.8, 4) is 0 Å². The van der Waals surface area contributed by atoms with Gasteiger partial charge in [-0.2, -0.15) is 0 Å². The third-order valence-corrected chi connectivity index (χ3v) is 3.06. The highest BCUT2D eigenvalue weighted by atomic mass is 35.5. The fraction of sp³-hybridized carbons (Fsp3) is 0.0625. The predicted molar refractivity (Wildman–Crippen MR) is 89.3 cm³/mol. The highest BCUT2D eigenvalue weighted by Crippen LogP contribution is 2.12. The van der Waals surface area contributed by atoms with Crippen molar-refractivity contribution in [2.45, 2.75) is 0 Å². The summed E-state index contributed by atoms with van der Waals surface area (Å²) in [6.07, 6.45) is 4.17. The number of halogens is 2. The number of amides is 1. The quantitative estimate of drug-likeness (QED) is 0.660. The second kappa shape index (κ2) is 8.31. The first-order valence-corrected chi connectivity index (χ1v) is 7.30. The number of aromatic nitrogens is 1. The molecule has 23 heavy (non-hydrogen) atoms. The summed E-state index contributed by atoms with van der Waals surface area (Å²) in [7, 11) is 0. The number of ether oxygens (including phenoxy) is 1. The molecule has 0 aliphatic heterocycles. The summed E-state index contributed by atoms with van der Waals surface area (Å²) in [5, 5.41) is 3.50. The number of anilines is 1. The number of hydrogen-bond acceptors (Lipinski definition) is 4. The van der Waals surface area contributed by atoms with Crippen molar-refractivity contribution in [1.29, 1.82) is 0 Å². The molecule has 1 aromatic heterocycles. The van der Waals surface area contributed by atoms with Gasteiger partial charge in [0.15, 0.2) is 6.61 Å². The Hall–Kier alpha value is -2.37. The van der Waals surface area contributed by atoms with Gasteiger partial charge in [-0.25, -0.2) is 9.78 Å². The van der Waals surface area contributed by atoms with Crippen LogP contribution in [0.4, 0.5) is 5.82 Å². The normalized spacial score (nSPS) is 10.5. The van der Waals surface area contributed by atoms with Crippen molar-refractivity contribution in [3.63, 3.8) is 0 Å². The fourth-order valence-corrected chi connectivity index (χ4v) is 1.90. The lowest BCUT2D eigenvalue weighted by atomic mass is 10.2. The molecule has 0 saturated heterocycles. The molecule has 1 N–H and O–H groups in total. The van der Waals surface area contributed by atoms with Crippen LogP contribution in [0.25, 0.3) is 6.08 Å². The maximum atomic E-state index is 11.6. The average Bonchev–Trinajstić information content (AvgIpc) is 2.53. The molecule has 0 spiro atoms. The zero-order valence-electron chi connectivity index (χ0n) is 11.8. The number of pyridine rings is 1. The van der Waals surface area contributed by atoms with Gasteiger partial charge in [0.1, 0.15) is 5.82 Å². The standard InChI is InChI=1S/C16H12Cl2N2O3/c17-12-3-1-2-11(8-12)4-7-16(22)23-10-15(21)20-14-6-5-13(18)9-19-14/h1-9H,10H2,(H,19,20,21). The van der Waals surface area contributed by atoms with Crippen LogP contribution in [0.5, 0.6) is 0 Å². The smallest absolute Gasteiger partial charge is 0.331 e. The van der Waals surface area contributed by atoms with Gasteiger partial charge in [0, 0.05) is 17.3 Å². The Kier molecular flexibility index (Phi) is 6.14. The minimum absolute atomic E-state index is 0.324. The third kappa shape index (κ3) is 6.10. The van der Waals surface area contributed by atoms with Crippen molar-refractivity contribution >= 4 is 47.0 Å². The van der Waals surface area contributed by atoms with E-state index in [1.807, 2.05) is 0 Å². The van der Waals surface area contributed by atoms with Crippen molar-refractivity contribution in [2.24, 2.45) is 0 Å². The van der Waals surface area contributed by atoms with E-state index in [-0.39, 0.29) is 0 Å². The molecule has 1 aromatic carbocycles. The van der Waals surface area contributed by atoms with E-state index >= 15 is 0 Å². The molecule has 0 bridgehead atoms. The van der Waals surface area contributed by atoms with Crippen LogP contribution in [-0.4, -0.2) is 23.5 Å². The van der Waals surface area contributed by atoms with Gasteiger partial charge in [-0.05, 0) is 35.9 Å². The second-order valence-electron chi connectivity index (χ2n) is 4.41. The van der Waals surface area contributed by atoms with Gasteiger partial charge < -0.3 is 10.1 Å². The van der Waals surface area contributed by atoms with E-state index < -0.39 is 18.5 Å². The van der Waals surface area contributed by atoms with Gasteiger partial charge >= 0.3 is 5.97 Å². The Morgan fingerprint density at radius 2 is 2.00 bits per heavy atom. The lowest BCUT2D eigenvalue weighted by Crippen LogP contribution is -2.20. The first kappa shape index (κ1) is 17.0. The molecule has 1 amide bonds. The summed E-state index contributed by atoms with van der Waals surface area (Å²) < 4.78 is 4.83. The van der Waals surface area contributed by atoms with E-state index in [1.54, 1.807) is 42.5 Å².